The molecule has 12 aromatic carbocycles. The first-order valence-corrected chi connectivity index (χ1v) is 29.5. The maximum atomic E-state index is 2.70. The first-order valence-electron chi connectivity index (χ1n) is 28.7. The van der Waals surface area contributed by atoms with Gasteiger partial charge in [-0.1, -0.05) is 182 Å². The van der Waals surface area contributed by atoms with Crippen LogP contribution in [0.4, 0.5) is 85.3 Å². The van der Waals surface area contributed by atoms with Gasteiger partial charge in [-0.25, -0.2) is 0 Å². The highest BCUT2D eigenvalue weighted by Crippen LogP contribution is 2.60. The third kappa shape index (κ3) is 6.78. The van der Waals surface area contributed by atoms with Crippen LogP contribution in [0.3, 0.4) is 0 Å². The number of aryl methyl sites for hydroxylation is 1. The van der Waals surface area contributed by atoms with Crippen LogP contribution in [0, 0.1) is 6.92 Å². The summed E-state index contributed by atoms with van der Waals surface area (Å²) < 4.78 is 2.74. The van der Waals surface area contributed by atoms with Crippen LogP contribution in [0.25, 0.3) is 33.0 Å². The number of benzene rings is 12. The molecule has 0 amide bonds. The van der Waals surface area contributed by atoms with Gasteiger partial charge in [-0.3, -0.25) is 0 Å². The topological polar surface area (TPSA) is 16.2 Å². The molecule has 0 unspecified atom stereocenters. The van der Waals surface area contributed by atoms with Gasteiger partial charge in [0.05, 0.1) is 28.4 Å². The van der Waals surface area contributed by atoms with E-state index in [-0.39, 0.29) is 13.4 Å². The second kappa shape index (κ2) is 17.9. The van der Waals surface area contributed by atoms with Crippen LogP contribution in [-0.4, -0.2) is 13.4 Å². The van der Waals surface area contributed by atoms with Crippen molar-refractivity contribution in [3.63, 3.8) is 0 Å². The molecule has 8 heteroatoms. The lowest BCUT2D eigenvalue weighted by molar-refractivity contribution is 1.18. The van der Waals surface area contributed by atoms with Gasteiger partial charge in [-0.05, 0) is 164 Å². The number of hydrogen-bond acceptors (Lipinski definition) is 6. The normalized spacial score (nSPS) is 13.5. The van der Waals surface area contributed by atoms with Crippen molar-refractivity contribution in [3.05, 3.63) is 285 Å². The van der Waals surface area contributed by atoms with E-state index in [2.05, 4.69) is 310 Å². The van der Waals surface area contributed by atoms with Gasteiger partial charge in [-0.2, -0.15) is 11.3 Å². The molecule has 83 heavy (non-hydrogen) atoms. The molecule has 5 nitrogen and oxygen atoms in total. The van der Waals surface area contributed by atoms with E-state index in [4.69, 9.17) is 0 Å². The van der Waals surface area contributed by atoms with Crippen molar-refractivity contribution in [1.29, 1.82) is 0 Å². The summed E-state index contributed by atoms with van der Waals surface area (Å²) in [5.74, 6) is 0. The molecule has 13 aromatic rings. The molecule has 0 fully saturated rings. The number of hydrogen-bond donors (Lipinski definition) is 0. The molecule has 0 radical (unpaired) electrons. The fourth-order valence-corrected chi connectivity index (χ4v) is 16.0. The fourth-order valence-electron chi connectivity index (χ4n) is 14.4. The summed E-state index contributed by atoms with van der Waals surface area (Å²) in [6.45, 7) is 2.13. The Hall–Kier alpha value is -10.3. The molecule has 1 aromatic heterocycles. The van der Waals surface area contributed by atoms with Gasteiger partial charge in [0.1, 0.15) is 0 Å². The first-order chi connectivity index (χ1) is 41.1. The fraction of sp³-hybridized carbons (Fsp3) is 0.0133. The minimum absolute atomic E-state index is 0.0553. The second-order valence-electron chi connectivity index (χ2n) is 22.5. The van der Waals surface area contributed by atoms with Gasteiger partial charge in [-0.15, -0.1) is 0 Å². The van der Waals surface area contributed by atoms with Crippen molar-refractivity contribution in [1.82, 2.24) is 0 Å². The van der Waals surface area contributed by atoms with Crippen molar-refractivity contribution in [2.24, 2.45) is 0 Å². The van der Waals surface area contributed by atoms with E-state index in [1.807, 2.05) is 11.3 Å². The van der Waals surface area contributed by atoms with Gasteiger partial charge in [0.2, 0.25) is 0 Å². The van der Waals surface area contributed by atoms with Crippen LogP contribution < -0.4 is 55.9 Å². The van der Waals surface area contributed by atoms with E-state index in [9.17, 15) is 0 Å². The zero-order chi connectivity index (χ0) is 54.4. The highest BCUT2D eigenvalue weighted by Gasteiger charge is 2.54. The monoisotopic (exact) mass is 1070 g/mol. The molecule has 0 saturated heterocycles. The predicted molar refractivity (Wildman–Crippen MR) is 354 cm³/mol. The lowest BCUT2D eigenvalue weighted by Gasteiger charge is -2.49. The van der Waals surface area contributed by atoms with E-state index in [0.29, 0.717) is 0 Å². The largest absolute Gasteiger partial charge is 0.311 e. The Morgan fingerprint density at radius 1 is 0.301 bits per heavy atom. The lowest BCUT2D eigenvalue weighted by atomic mass is 9.35. The molecular weight excluding hydrogens is 1020 g/mol. The Morgan fingerprint density at radius 2 is 0.675 bits per heavy atom. The van der Waals surface area contributed by atoms with Crippen LogP contribution in [0.15, 0.2) is 279 Å². The number of thiophene rings is 1. The summed E-state index contributed by atoms with van der Waals surface area (Å²) >= 11 is 2.04. The molecule has 5 aliphatic rings. The van der Waals surface area contributed by atoms with Gasteiger partial charge in [0.15, 0.2) is 0 Å². The number of fused-ring (bicyclic) bond motifs is 12. The predicted octanol–water partition coefficient (Wildman–Crippen LogP) is 16.5. The Balaban J connectivity index is 0.982. The van der Waals surface area contributed by atoms with E-state index in [0.717, 1.165) is 28.4 Å². The smallest absolute Gasteiger partial charge is 0.264 e. The molecule has 0 atom stereocenters. The summed E-state index contributed by atoms with van der Waals surface area (Å²) in [6, 6.07) is 104. The van der Waals surface area contributed by atoms with Crippen LogP contribution in [0.1, 0.15) is 5.56 Å². The van der Waals surface area contributed by atoms with E-state index < -0.39 is 0 Å². The minimum Gasteiger partial charge on any atom is -0.311 e. The summed E-state index contributed by atoms with van der Waals surface area (Å²) in [5.41, 5.74) is 28.9. The third-order valence-electron chi connectivity index (χ3n) is 17.8. The average molecular weight is 1070 g/mol. The summed E-state index contributed by atoms with van der Waals surface area (Å²) in [7, 11) is 0. The van der Waals surface area contributed by atoms with Gasteiger partial charge >= 0.3 is 0 Å². The zero-order valence-electron chi connectivity index (χ0n) is 45.4. The van der Waals surface area contributed by atoms with E-state index in [1.165, 1.54) is 127 Å². The maximum Gasteiger partial charge on any atom is 0.264 e. The van der Waals surface area contributed by atoms with Crippen molar-refractivity contribution < 1.29 is 0 Å². The van der Waals surface area contributed by atoms with Crippen LogP contribution in [0.5, 0.6) is 0 Å². The summed E-state index contributed by atoms with van der Waals surface area (Å²) in [5, 5.41) is 2.42. The lowest BCUT2D eigenvalue weighted by Crippen LogP contribution is -2.61. The number of rotatable bonds is 7. The molecule has 0 spiro atoms. The quantitative estimate of drug-likeness (QED) is 0.147. The minimum atomic E-state index is -0.102. The Labute approximate surface area is 487 Å². The molecule has 18 rings (SSSR count). The van der Waals surface area contributed by atoms with E-state index >= 15 is 0 Å². The molecular formula is C75H49B2N5S. The van der Waals surface area contributed by atoms with Crippen molar-refractivity contribution >= 4 is 152 Å². The number of para-hydroxylation sites is 4. The first kappa shape index (κ1) is 46.5. The van der Waals surface area contributed by atoms with Gasteiger partial charge in [0.25, 0.3) is 13.4 Å². The highest BCUT2D eigenvalue weighted by molar-refractivity contribution is 7.39. The van der Waals surface area contributed by atoms with E-state index in [1.54, 1.807) is 0 Å². The molecule has 5 aliphatic heterocycles. The van der Waals surface area contributed by atoms with Crippen molar-refractivity contribution in [3.8, 4) is 22.3 Å². The standard InChI is InChI=1S/C75H49B2N5S/c1-48-40-66-70-67(41-48)81-64-44-51-26-20-21-27-52(51)45-65(64)82-69-47-59(78(55-28-12-4-13-29-55)56-30-14-5-15-31-56)46-68-71(69)77(61-39-37-54(50-24-10-3-11-25-50)43-63(61)80(68)58-34-18-7-19-35-58)75-73(82)72(81)74(83-75)76(70)60-38-36-53(49-22-8-2-9-23-49)42-62(60)79(66)57-32-16-6-17-33-57/h2-47H,1H3. The summed E-state index contributed by atoms with van der Waals surface area (Å²) in [6.07, 6.45) is 0. The average Bonchev–Trinajstić information content (AvgIpc) is 1.72. The third-order valence-corrected chi connectivity index (χ3v) is 19.1. The Bertz CT molecular complexity index is 4750. The molecule has 0 aliphatic carbocycles. The summed E-state index contributed by atoms with van der Waals surface area (Å²) in [4.78, 5) is 12.9. The molecule has 0 saturated carbocycles. The number of nitrogens with zero attached hydrogens (tertiary/aromatic N) is 5. The molecule has 386 valence electrons. The molecule has 6 heterocycles. The Kier molecular flexibility index (Phi) is 10.0. The highest BCUT2D eigenvalue weighted by atomic mass is 32.1. The Morgan fingerprint density at radius 3 is 1.12 bits per heavy atom. The SMILES string of the molecule is Cc1cc2c3c(c1)N1c4cc5ccccc5cc4N4c5cc(N(c6ccccc6)c6ccccc6)cc6c5B(c5ccc(-c7ccccc7)cc5N6c5ccccc5)c5sc(c1c54)B3c1ccc(-c3ccccc3)cc1N2c1ccccc1. The maximum absolute atomic E-state index is 2.70. The van der Waals surface area contributed by atoms with Gasteiger partial charge < -0.3 is 24.5 Å². The molecule has 0 N–H and O–H groups in total. The van der Waals surface area contributed by atoms with Crippen LogP contribution in [0.2, 0.25) is 0 Å². The molecule has 0 bridgehead atoms. The van der Waals surface area contributed by atoms with Crippen molar-refractivity contribution in [2.45, 2.75) is 6.92 Å². The second-order valence-corrected chi connectivity index (χ2v) is 23.6. The number of anilines is 15. The zero-order valence-corrected chi connectivity index (χ0v) is 46.2. The van der Waals surface area contributed by atoms with Crippen molar-refractivity contribution in [2.75, 3.05) is 24.5 Å². The van der Waals surface area contributed by atoms with Gasteiger partial charge in [0, 0.05) is 66.4 Å². The van der Waals surface area contributed by atoms with Crippen LogP contribution >= 0.6 is 11.3 Å². The van der Waals surface area contributed by atoms with Crippen LogP contribution in [-0.2, 0) is 0 Å².